The molecule has 0 unspecified atom stereocenters. The number of amides is 1. The Bertz CT molecular complexity index is 1130. The van der Waals surface area contributed by atoms with Gasteiger partial charge in [0.25, 0.3) is 0 Å². The van der Waals surface area contributed by atoms with Crippen LogP contribution in [0.25, 0.3) is 11.1 Å². The largest absolute Gasteiger partial charge is 0.511 e. The van der Waals surface area contributed by atoms with Crippen LogP contribution in [0.15, 0.2) is 48.5 Å². The molecule has 0 radical (unpaired) electrons. The van der Waals surface area contributed by atoms with E-state index < -0.39 is 24.8 Å². The maximum absolute atomic E-state index is 12.3. The SMILES string of the molecule is Cl.N=C(N)c1ccc(-c2ccc(OC[C@@H]3C[C@@H](CC(=O)OCOC(=O)OC4CCCCC4)C(=O)N3)cc2)cc1. The van der Waals surface area contributed by atoms with E-state index in [-0.39, 0.29) is 49.3 Å². The smallest absolute Gasteiger partial charge is 0.491 e. The van der Waals surface area contributed by atoms with E-state index in [1.165, 1.54) is 0 Å². The first kappa shape index (κ1) is 29.8. The van der Waals surface area contributed by atoms with Crippen LogP contribution in [0.4, 0.5) is 4.79 Å². The molecule has 0 aromatic heterocycles. The summed E-state index contributed by atoms with van der Waals surface area (Å²) in [7, 11) is 0. The van der Waals surface area contributed by atoms with Gasteiger partial charge in [-0.25, -0.2) is 4.79 Å². The second-order valence-corrected chi connectivity index (χ2v) is 9.58. The summed E-state index contributed by atoms with van der Waals surface area (Å²) < 4.78 is 20.8. The van der Waals surface area contributed by atoms with E-state index in [1.54, 1.807) is 12.1 Å². The van der Waals surface area contributed by atoms with Gasteiger partial charge in [-0.1, -0.05) is 42.8 Å². The van der Waals surface area contributed by atoms with E-state index in [0.29, 0.717) is 17.7 Å². The zero-order chi connectivity index (χ0) is 26.9. The first-order valence-electron chi connectivity index (χ1n) is 12.8. The zero-order valence-electron chi connectivity index (χ0n) is 21.6. The van der Waals surface area contributed by atoms with Crippen LogP contribution < -0.4 is 15.8 Å². The van der Waals surface area contributed by atoms with Gasteiger partial charge < -0.3 is 30.0 Å². The highest BCUT2D eigenvalue weighted by molar-refractivity contribution is 5.95. The van der Waals surface area contributed by atoms with Crippen molar-refractivity contribution in [1.29, 1.82) is 5.41 Å². The molecule has 2 aromatic rings. The van der Waals surface area contributed by atoms with Gasteiger partial charge in [-0.15, -0.1) is 12.4 Å². The molecule has 10 nitrogen and oxygen atoms in total. The molecule has 0 spiro atoms. The van der Waals surface area contributed by atoms with Crippen molar-refractivity contribution in [3.63, 3.8) is 0 Å². The summed E-state index contributed by atoms with van der Waals surface area (Å²) >= 11 is 0. The van der Waals surface area contributed by atoms with E-state index in [2.05, 4.69) is 5.32 Å². The molecule has 4 N–H and O–H groups in total. The van der Waals surface area contributed by atoms with E-state index in [4.69, 9.17) is 30.1 Å². The number of amidine groups is 1. The van der Waals surface area contributed by atoms with Gasteiger partial charge in [0.1, 0.15) is 24.3 Å². The number of rotatable bonds is 10. The molecule has 4 rings (SSSR count). The number of hydrogen-bond donors (Lipinski definition) is 3. The highest BCUT2D eigenvalue weighted by Crippen LogP contribution is 2.25. The molecule has 2 fully saturated rings. The molecule has 1 saturated carbocycles. The van der Waals surface area contributed by atoms with Gasteiger partial charge in [0.05, 0.1) is 18.4 Å². The van der Waals surface area contributed by atoms with Gasteiger partial charge in [0.2, 0.25) is 12.7 Å². The van der Waals surface area contributed by atoms with Crippen molar-refractivity contribution >= 4 is 36.3 Å². The lowest BCUT2D eigenvalue weighted by Crippen LogP contribution is -2.31. The van der Waals surface area contributed by atoms with Crippen molar-refractivity contribution in [2.45, 2.75) is 57.1 Å². The lowest BCUT2D eigenvalue weighted by atomic mass is 9.98. The lowest BCUT2D eigenvalue weighted by molar-refractivity contribution is -0.156. The fourth-order valence-corrected chi connectivity index (χ4v) is 4.65. The standard InChI is InChI=1S/C28H33N3O7.ClH/c29-26(30)20-8-6-18(7-9-20)19-10-12-23(13-11-19)35-16-22-14-21(27(33)31-22)15-25(32)36-17-37-28(34)38-24-4-2-1-3-5-24;/h6-13,21-22,24H,1-5,14-17H2,(H3,29,30)(H,31,33);1H/t21-,22-;/m0./s1. The number of nitrogens with one attached hydrogen (secondary N) is 2. The van der Waals surface area contributed by atoms with E-state index in [0.717, 1.165) is 43.2 Å². The summed E-state index contributed by atoms with van der Waals surface area (Å²) in [6, 6.07) is 14.7. The summed E-state index contributed by atoms with van der Waals surface area (Å²) in [5.74, 6) is -0.713. The van der Waals surface area contributed by atoms with Gasteiger partial charge in [0.15, 0.2) is 0 Å². The topological polar surface area (TPSA) is 150 Å². The Labute approximate surface area is 233 Å². The molecule has 1 aliphatic heterocycles. The number of esters is 1. The fourth-order valence-electron chi connectivity index (χ4n) is 4.65. The minimum absolute atomic E-state index is 0. The van der Waals surface area contributed by atoms with Crippen LogP contribution in [0.2, 0.25) is 0 Å². The van der Waals surface area contributed by atoms with Gasteiger partial charge in [0, 0.05) is 5.56 Å². The summed E-state index contributed by atoms with van der Waals surface area (Å²) in [5, 5.41) is 10.3. The minimum atomic E-state index is -0.848. The molecule has 1 saturated heterocycles. The maximum Gasteiger partial charge on any atom is 0.511 e. The average molecular weight is 560 g/mol. The van der Waals surface area contributed by atoms with Crippen LogP contribution in [0.5, 0.6) is 5.75 Å². The first-order chi connectivity index (χ1) is 18.4. The predicted molar refractivity (Wildman–Crippen MR) is 146 cm³/mol. The van der Waals surface area contributed by atoms with Crippen molar-refractivity contribution in [2.75, 3.05) is 13.4 Å². The first-order valence-corrected chi connectivity index (χ1v) is 12.8. The molecule has 2 aliphatic rings. The molecule has 210 valence electrons. The van der Waals surface area contributed by atoms with Crippen molar-refractivity contribution < 1.29 is 33.3 Å². The van der Waals surface area contributed by atoms with Crippen LogP contribution in [-0.2, 0) is 23.8 Å². The molecular weight excluding hydrogens is 526 g/mol. The van der Waals surface area contributed by atoms with Crippen molar-refractivity contribution in [3.8, 4) is 16.9 Å². The number of ether oxygens (including phenoxy) is 4. The lowest BCUT2D eigenvalue weighted by Gasteiger charge is -2.21. The summed E-state index contributed by atoms with van der Waals surface area (Å²) in [6.45, 7) is -0.276. The molecule has 1 amide bonds. The number of carbonyl (C=O) groups is 3. The Balaban J connectivity index is 0.00000420. The normalized spacial score (nSPS) is 18.8. The molecule has 2 aromatic carbocycles. The summed E-state index contributed by atoms with van der Waals surface area (Å²) in [4.78, 5) is 36.1. The molecule has 1 heterocycles. The number of halogens is 1. The molecule has 2 atom stereocenters. The third-order valence-electron chi connectivity index (χ3n) is 6.75. The number of nitrogen functional groups attached to an aromatic ring is 1. The van der Waals surface area contributed by atoms with Crippen LogP contribution in [0.1, 0.15) is 50.5 Å². The zero-order valence-corrected chi connectivity index (χ0v) is 22.4. The van der Waals surface area contributed by atoms with Crippen molar-refractivity contribution in [1.82, 2.24) is 5.32 Å². The van der Waals surface area contributed by atoms with E-state index in [1.807, 2.05) is 36.4 Å². The summed E-state index contributed by atoms with van der Waals surface area (Å²) in [6.07, 6.45) is 4.15. The molecule has 39 heavy (non-hydrogen) atoms. The van der Waals surface area contributed by atoms with Crippen LogP contribution in [0, 0.1) is 11.3 Å². The Morgan fingerprint density at radius 1 is 0.949 bits per heavy atom. The molecular formula is C28H34ClN3O7. The second-order valence-electron chi connectivity index (χ2n) is 9.58. The summed E-state index contributed by atoms with van der Waals surface area (Å²) in [5.41, 5.74) is 8.15. The quantitative estimate of drug-likeness (QED) is 0.168. The van der Waals surface area contributed by atoms with E-state index in [9.17, 15) is 14.4 Å². The van der Waals surface area contributed by atoms with Gasteiger partial charge in [-0.05, 0) is 55.4 Å². The third kappa shape index (κ3) is 8.88. The molecule has 1 aliphatic carbocycles. The van der Waals surface area contributed by atoms with Crippen LogP contribution in [-0.4, -0.2) is 49.4 Å². The van der Waals surface area contributed by atoms with Gasteiger partial charge in [-0.3, -0.25) is 15.0 Å². The monoisotopic (exact) mass is 559 g/mol. The number of benzene rings is 2. The number of hydrogen-bond acceptors (Lipinski definition) is 8. The maximum atomic E-state index is 12.3. The minimum Gasteiger partial charge on any atom is -0.491 e. The Morgan fingerprint density at radius 2 is 1.59 bits per heavy atom. The Hall–Kier alpha value is -3.79. The van der Waals surface area contributed by atoms with Crippen LogP contribution in [0.3, 0.4) is 0 Å². The molecule has 0 bridgehead atoms. The highest BCUT2D eigenvalue weighted by atomic mass is 35.5. The average Bonchev–Trinajstić information content (AvgIpc) is 3.27. The Kier molecular flexibility index (Phi) is 11.0. The van der Waals surface area contributed by atoms with Crippen LogP contribution >= 0.6 is 12.4 Å². The van der Waals surface area contributed by atoms with E-state index >= 15 is 0 Å². The second kappa shape index (κ2) is 14.4. The van der Waals surface area contributed by atoms with Gasteiger partial charge >= 0.3 is 12.1 Å². The Morgan fingerprint density at radius 3 is 2.23 bits per heavy atom. The fraction of sp³-hybridized carbons (Fsp3) is 0.429. The van der Waals surface area contributed by atoms with Gasteiger partial charge in [-0.2, -0.15) is 0 Å². The highest BCUT2D eigenvalue weighted by Gasteiger charge is 2.34. The number of carbonyl (C=O) groups excluding carboxylic acids is 3. The molecule has 11 heteroatoms. The van der Waals surface area contributed by atoms with Crippen molar-refractivity contribution in [2.24, 2.45) is 11.7 Å². The number of nitrogens with two attached hydrogens (primary N) is 1. The third-order valence-corrected chi connectivity index (χ3v) is 6.75. The predicted octanol–water partition coefficient (Wildman–Crippen LogP) is 4.32. The van der Waals surface area contributed by atoms with Crippen molar-refractivity contribution in [3.05, 3.63) is 54.1 Å².